The number of nitrogen functional groups attached to an aromatic ring is 1. The van der Waals surface area contributed by atoms with Gasteiger partial charge in [-0.3, -0.25) is 4.79 Å². The largest absolute Gasteiger partial charge is 0.397 e. The van der Waals surface area contributed by atoms with Gasteiger partial charge in [-0.2, -0.15) is 0 Å². The molecule has 0 bridgehead atoms. The fourth-order valence-corrected chi connectivity index (χ4v) is 2.67. The second-order valence-electron chi connectivity index (χ2n) is 4.01. The van der Waals surface area contributed by atoms with Crippen LogP contribution in [0.1, 0.15) is 16.6 Å². The van der Waals surface area contributed by atoms with Crippen LogP contribution in [0.25, 0.3) is 10.1 Å². The number of hydrogen-bond donors (Lipinski definition) is 3. The number of aliphatic hydroxyl groups excluding tert-OH is 1. The van der Waals surface area contributed by atoms with Crippen molar-refractivity contribution in [3.8, 4) is 0 Å². The van der Waals surface area contributed by atoms with Crippen LogP contribution in [-0.2, 0) is 0 Å². The van der Waals surface area contributed by atoms with Gasteiger partial charge in [0, 0.05) is 10.7 Å². The second kappa shape index (κ2) is 4.91. The summed E-state index contributed by atoms with van der Waals surface area (Å²) in [6.07, 6.45) is 0. The predicted octanol–water partition coefficient (Wildman–Crippen LogP) is 1.73. The van der Waals surface area contributed by atoms with E-state index in [-0.39, 0.29) is 28.6 Å². The Morgan fingerprint density at radius 2 is 2.33 bits per heavy atom. The summed E-state index contributed by atoms with van der Waals surface area (Å²) < 4.78 is 14.2. The van der Waals surface area contributed by atoms with E-state index in [1.807, 2.05) is 0 Å². The molecule has 0 saturated carbocycles. The first kappa shape index (κ1) is 12.8. The Morgan fingerprint density at radius 1 is 1.61 bits per heavy atom. The van der Waals surface area contributed by atoms with E-state index in [1.54, 1.807) is 19.1 Å². The molecule has 1 aromatic heterocycles. The highest BCUT2D eigenvalue weighted by Crippen LogP contribution is 2.35. The number of hydrogen-bond acceptors (Lipinski definition) is 4. The molecule has 1 atom stereocenters. The van der Waals surface area contributed by atoms with Gasteiger partial charge in [0.05, 0.1) is 17.7 Å². The molecule has 1 aromatic carbocycles. The summed E-state index contributed by atoms with van der Waals surface area (Å²) in [5, 5.41) is 11.7. The lowest BCUT2D eigenvalue weighted by Gasteiger charge is -2.09. The summed E-state index contributed by atoms with van der Waals surface area (Å²) in [6, 6.07) is 4.23. The zero-order valence-electron chi connectivity index (χ0n) is 9.74. The quantitative estimate of drug-likeness (QED) is 0.793. The van der Waals surface area contributed by atoms with Crippen LogP contribution in [0.2, 0.25) is 0 Å². The highest BCUT2D eigenvalue weighted by Gasteiger charge is 2.19. The molecule has 0 radical (unpaired) electrons. The predicted molar refractivity (Wildman–Crippen MR) is 70.2 cm³/mol. The van der Waals surface area contributed by atoms with Crippen molar-refractivity contribution in [2.24, 2.45) is 0 Å². The smallest absolute Gasteiger partial charge is 0.263 e. The first-order valence-corrected chi connectivity index (χ1v) is 6.24. The van der Waals surface area contributed by atoms with Gasteiger partial charge < -0.3 is 16.2 Å². The Balaban J connectivity index is 2.43. The summed E-state index contributed by atoms with van der Waals surface area (Å²) in [7, 11) is 0. The standard InChI is InChI=1S/C12H13FN2O2S/c1-6(5-16)15-12(17)11-10(14)9-7(13)3-2-4-8(9)18-11/h2-4,6,16H,5,14H2,1H3,(H,15,17). The molecule has 0 fully saturated rings. The number of aliphatic hydroxyl groups is 1. The van der Waals surface area contributed by atoms with Crippen molar-refractivity contribution in [2.75, 3.05) is 12.3 Å². The first-order valence-electron chi connectivity index (χ1n) is 5.42. The Labute approximate surface area is 107 Å². The molecule has 0 aliphatic rings. The van der Waals surface area contributed by atoms with E-state index in [0.29, 0.717) is 4.70 Å². The summed E-state index contributed by atoms with van der Waals surface area (Å²) in [5.41, 5.74) is 5.95. The molecule has 4 N–H and O–H groups in total. The van der Waals surface area contributed by atoms with E-state index in [1.165, 1.54) is 6.07 Å². The van der Waals surface area contributed by atoms with Crippen molar-refractivity contribution in [1.29, 1.82) is 0 Å². The molecule has 96 valence electrons. The van der Waals surface area contributed by atoms with Crippen molar-refractivity contribution in [1.82, 2.24) is 5.32 Å². The summed E-state index contributed by atoms with van der Waals surface area (Å²) in [4.78, 5) is 12.2. The van der Waals surface area contributed by atoms with Gasteiger partial charge in [0.15, 0.2) is 0 Å². The number of thiophene rings is 1. The van der Waals surface area contributed by atoms with Crippen LogP contribution in [0.15, 0.2) is 18.2 Å². The Kier molecular flexibility index (Phi) is 3.49. The molecule has 0 aliphatic carbocycles. The lowest BCUT2D eigenvalue weighted by atomic mass is 10.2. The monoisotopic (exact) mass is 268 g/mol. The van der Waals surface area contributed by atoms with Crippen LogP contribution >= 0.6 is 11.3 Å². The minimum atomic E-state index is -0.435. The third kappa shape index (κ3) is 2.16. The first-order chi connectivity index (χ1) is 8.54. The maximum absolute atomic E-state index is 13.6. The molecule has 18 heavy (non-hydrogen) atoms. The van der Waals surface area contributed by atoms with E-state index in [2.05, 4.69) is 5.32 Å². The Hall–Kier alpha value is -1.66. The van der Waals surface area contributed by atoms with Crippen LogP contribution in [0.5, 0.6) is 0 Å². The lowest BCUT2D eigenvalue weighted by molar-refractivity contribution is 0.0927. The van der Waals surface area contributed by atoms with Crippen LogP contribution in [0, 0.1) is 5.82 Å². The molecule has 2 rings (SSSR count). The van der Waals surface area contributed by atoms with Crippen LogP contribution in [0.4, 0.5) is 10.1 Å². The zero-order chi connectivity index (χ0) is 13.3. The molecule has 1 unspecified atom stereocenters. The van der Waals surface area contributed by atoms with E-state index >= 15 is 0 Å². The number of fused-ring (bicyclic) bond motifs is 1. The molecule has 0 spiro atoms. The van der Waals surface area contributed by atoms with E-state index in [0.717, 1.165) is 11.3 Å². The Morgan fingerprint density at radius 3 is 2.94 bits per heavy atom. The van der Waals surface area contributed by atoms with Gasteiger partial charge in [-0.05, 0) is 19.1 Å². The van der Waals surface area contributed by atoms with Gasteiger partial charge in [0.1, 0.15) is 10.7 Å². The molecule has 2 aromatic rings. The van der Waals surface area contributed by atoms with Crippen LogP contribution in [0.3, 0.4) is 0 Å². The van der Waals surface area contributed by atoms with Crippen LogP contribution in [-0.4, -0.2) is 23.7 Å². The maximum atomic E-state index is 13.6. The number of carbonyl (C=O) groups excluding carboxylic acids is 1. The number of carbonyl (C=O) groups is 1. The average molecular weight is 268 g/mol. The summed E-state index contributed by atoms with van der Waals surface area (Å²) in [5.74, 6) is -0.829. The molecule has 4 nitrogen and oxygen atoms in total. The Bertz CT molecular complexity index is 597. The minimum Gasteiger partial charge on any atom is -0.397 e. The fourth-order valence-electron chi connectivity index (χ4n) is 1.63. The second-order valence-corrected chi connectivity index (χ2v) is 5.07. The number of halogens is 1. The third-order valence-electron chi connectivity index (χ3n) is 2.56. The van der Waals surface area contributed by atoms with Crippen molar-refractivity contribution in [3.05, 3.63) is 28.9 Å². The number of benzene rings is 1. The lowest BCUT2D eigenvalue weighted by Crippen LogP contribution is -2.34. The summed E-state index contributed by atoms with van der Waals surface area (Å²) in [6.45, 7) is 1.51. The van der Waals surface area contributed by atoms with Crippen molar-refractivity contribution < 1.29 is 14.3 Å². The highest BCUT2D eigenvalue weighted by molar-refractivity contribution is 7.21. The minimum absolute atomic E-state index is 0.149. The number of nitrogens with one attached hydrogen (secondary N) is 1. The molecular formula is C12H13FN2O2S. The number of nitrogens with two attached hydrogens (primary N) is 1. The van der Waals surface area contributed by atoms with E-state index < -0.39 is 11.7 Å². The molecule has 0 saturated heterocycles. The number of rotatable bonds is 3. The van der Waals surface area contributed by atoms with Gasteiger partial charge in [-0.1, -0.05) is 6.07 Å². The molecule has 0 aliphatic heterocycles. The number of anilines is 1. The van der Waals surface area contributed by atoms with Gasteiger partial charge in [0.2, 0.25) is 0 Å². The van der Waals surface area contributed by atoms with Gasteiger partial charge >= 0.3 is 0 Å². The normalized spacial score (nSPS) is 12.6. The van der Waals surface area contributed by atoms with Gasteiger partial charge in [0.25, 0.3) is 5.91 Å². The van der Waals surface area contributed by atoms with Crippen molar-refractivity contribution in [2.45, 2.75) is 13.0 Å². The topological polar surface area (TPSA) is 75.3 Å². The molecule has 1 amide bonds. The molecule has 6 heteroatoms. The number of amides is 1. The average Bonchev–Trinajstić information content (AvgIpc) is 2.68. The van der Waals surface area contributed by atoms with E-state index in [9.17, 15) is 9.18 Å². The van der Waals surface area contributed by atoms with Crippen molar-refractivity contribution >= 4 is 33.0 Å². The summed E-state index contributed by atoms with van der Waals surface area (Å²) >= 11 is 1.14. The zero-order valence-corrected chi connectivity index (χ0v) is 10.6. The highest BCUT2D eigenvalue weighted by atomic mass is 32.1. The SMILES string of the molecule is CC(CO)NC(=O)c1sc2cccc(F)c2c1N. The fraction of sp³-hybridized carbons (Fsp3) is 0.250. The van der Waals surface area contributed by atoms with Gasteiger partial charge in [-0.15, -0.1) is 11.3 Å². The van der Waals surface area contributed by atoms with E-state index in [4.69, 9.17) is 10.8 Å². The van der Waals surface area contributed by atoms with Crippen molar-refractivity contribution in [3.63, 3.8) is 0 Å². The van der Waals surface area contributed by atoms with Gasteiger partial charge in [-0.25, -0.2) is 4.39 Å². The van der Waals surface area contributed by atoms with Crippen LogP contribution < -0.4 is 11.1 Å². The maximum Gasteiger partial charge on any atom is 0.263 e. The molecule has 1 heterocycles. The third-order valence-corrected chi connectivity index (χ3v) is 3.73. The molecular weight excluding hydrogens is 255 g/mol.